The average Bonchev–Trinajstić information content (AvgIpc) is 2.52. The van der Waals surface area contributed by atoms with E-state index in [9.17, 15) is 22.8 Å². The van der Waals surface area contributed by atoms with Gasteiger partial charge in [-0.3, -0.25) is 9.59 Å². The Morgan fingerprint density at radius 1 is 1.29 bits per heavy atom. The van der Waals surface area contributed by atoms with Crippen molar-refractivity contribution in [3.8, 4) is 0 Å². The Labute approximate surface area is 138 Å². The van der Waals surface area contributed by atoms with Gasteiger partial charge in [-0.05, 0) is 38.4 Å². The van der Waals surface area contributed by atoms with Crippen molar-refractivity contribution in [3.63, 3.8) is 0 Å². The number of benzene rings is 1. The standard InChI is InChI=1S/C16H20F3N3O2/c1-10-8-11(6-7-20-10)22-14(23)9-21-15(24)12-4-2-3-5-13(12)16(17,18)19/h2-5,10-11,20H,6-9H2,1H3,(H,21,24)(H,22,23). The van der Waals surface area contributed by atoms with Crippen LogP contribution < -0.4 is 16.0 Å². The molecule has 1 aliphatic rings. The van der Waals surface area contributed by atoms with Gasteiger partial charge in [-0.2, -0.15) is 13.2 Å². The number of hydrogen-bond donors (Lipinski definition) is 3. The maximum Gasteiger partial charge on any atom is 0.417 e. The first-order chi connectivity index (χ1) is 11.3. The molecule has 3 N–H and O–H groups in total. The van der Waals surface area contributed by atoms with Crippen LogP contribution in [0.15, 0.2) is 24.3 Å². The second-order valence-corrected chi connectivity index (χ2v) is 5.87. The first kappa shape index (κ1) is 18.3. The van der Waals surface area contributed by atoms with E-state index in [1.807, 2.05) is 6.92 Å². The van der Waals surface area contributed by atoms with Gasteiger partial charge in [-0.25, -0.2) is 0 Å². The summed E-state index contributed by atoms with van der Waals surface area (Å²) in [7, 11) is 0. The molecule has 5 nitrogen and oxygen atoms in total. The number of carbonyl (C=O) groups is 2. The molecule has 2 unspecified atom stereocenters. The maximum atomic E-state index is 12.9. The van der Waals surface area contributed by atoms with E-state index < -0.39 is 29.1 Å². The van der Waals surface area contributed by atoms with Crippen molar-refractivity contribution in [2.45, 2.75) is 38.0 Å². The zero-order valence-corrected chi connectivity index (χ0v) is 13.2. The number of hydrogen-bond acceptors (Lipinski definition) is 3. The Hall–Kier alpha value is -2.09. The van der Waals surface area contributed by atoms with Crippen LogP contribution in [0.3, 0.4) is 0 Å². The van der Waals surface area contributed by atoms with Crippen LogP contribution in [0.1, 0.15) is 35.7 Å². The summed E-state index contributed by atoms with van der Waals surface area (Å²) in [4.78, 5) is 23.8. The van der Waals surface area contributed by atoms with Gasteiger partial charge >= 0.3 is 6.18 Å². The van der Waals surface area contributed by atoms with Gasteiger partial charge in [-0.1, -0.05) is 12.1 Å². The van der Waals surface area contributed by atoms with Crippen LogP contribution >= 0.6 is 0 Å². The molecule has 0 bridgehead atoms. The lowest BCUT2D eigenvalue weighted by molar-refractivity contribution is -0.137. The molecule has 24 heavy (non-hydrogen) atoms. The van der Waals surface area contributed by atoms with E-state index in [1.165, 1.54) is 12.1 Å². The molecule has 0 saturated carbocycles. The normalized spacial score (nSPS) is 21.2. The van der Waals surface area contributed by atoms with Crippen molar-refractivity contribution in [1.82, 2.24) is 16.0 Å². The minimum absolute atomic E-state index is 0.00751. The summed E-state index contributed by atoms with van der Waals surface area (Å²) in [6, 6.07) is 4.78. The molecular weight excluding hydrogens is 323 g/mol. The molecule has 0 spiro atoms. The third kappa shape index (κ3) is 4.95. The Balaban J connectivity index is 1.90. The van der Waals surface area contributed by atoms with E-state index in [0.29, 0.717) is 0 Å². The lowest BCUT2D eigenvalue weighted by Gasteiger charge is -2.28. The van der Waals surface area contributed by atoms with E-state index in [4.69, 9.17) is 0 Å². The van der Waals surface area contributed by atoms with Crippen molar-refractivity contribution in [1.29, 1.82) is 0 Å². The largest absolute Gasteiger partial charge is 0.417 e. The van der Waals surface area contributed by atoms with Crippen LogP contribution in [0.2, 0.25) is 0 Å². The van der Waals surface area contributed by atoms with Crippen molar-refractivity contribution in [2.75, 3.05) is 13.1 Å². The van der Waals surface area contributed by atoms with E-state index in [2.05, 4.69) is 16.0 Å². The molecule has 1 saturated heterocycles. The van der Waals surface area contributed by atoms with Crippen LogP contribution in [-0.2, 0) is 11.0 Å². The first-order valence-electron chi connectivity index (χ1n) is 7.74. The average molecular weight is 343 g/mol. The fourth-order valence-corrected chi connectivity index (χ4v) is 2.73. The topological polar surface area (TPSA) is 70.2 Å². The van der Waals surface area contributed by atoms with Crippen LogP contribution in [0.25, 0.3) is 0 Å². The number of piperidine rings is 1. The second-order valence-electron chi connectivity index (χ2n) is 5.87. The fraction of sp³-hybridized carbons (Fsp3) is 0.500. The van der Waals surface area contributed by atoms with Crippen LogP contribution in [0, 0.1) is 0 Å². The molecule has 2 rings (SSSR count). The van der Waals surface area contributed by atoms with E-state index in [-0.39, 0.29) is 18.6 Å². The summed E-state index contributed by atoms with van der Waals surface area (Å²) in [6.45, 7) is 2.44. The van der Waals surface area contributed by atoms with Gasteiger partial charge in [0, 0.05) is 12.1 Å². The number of carbonyl (C=O) groups excluding carboxylic acids is 2. The summed E-state index contributed by atoms with van der Waals surface area (Å²) < 4.78 is 38.7. The second kappa shape index (κ2) is 7.65. The van der Waals surface area contributed by atoms with Crippen LogP contribution in [-0.4, -0.2) is 37.0 Å². The minimum atomic E-state index is -4.62. The fourth-order valence-electron chi connectivity index (χ4n) is 2.73. The minimum Gasteiger partial charge on any atom is -0.352 e. The van der Waals surface area contributed by atoms with Crippen molar-refractivity contribution in [3.05, 3.63) is 35.4 Å². The van der Waals surface area contributed by atoms with E-state index >= 15 is 0 Å². The molecule has 0 radical (unpaired) electrons. The Kier molecular flexibility index (Phi) is 5.82. The van der Waals surface area contributed by atoms with Crippen molar-refractivity contribution >= 4 is 11.8 Å². The molecular formula is C16H20F3N3O2. The summed E-state index contributed by atoms with van der Waals surface area (Å²) in [5.41, 5.74) is -1.51. The molecule has 1 aromatic rings. The molecule has 2 atom stereocenters. The number of amides is 2. The van der Waals surface area contributed by atoms with Crippen LogP contribution in [0.5, 0.6) is 0 Å². The highest BCUT2D eigenvalue weighted by molar-refractivity contribution is 5.97. The maximum absolute atomic E-state index is 12.9. The van der Waals surface area contributed by atoms with E-state index in [0.717, 1.165) is 31.5 Å². The van der Waals surface area contributed by atoms with Gasteiger partial charge in [-0.15, -0.1) is 0 Å². The highest BCUT2D eigenvalue weighted by Crippen LogP contribution is 2.31. The highest BCUT2D eigenvalue weighted by atomic mass is 19.4. The molecule has 0 aromatic heterocycles. The van der Waals surface area contributed by atoms with Crippen molar-refractivity contribution in [2.24, 2.45) is 0 Å². The van der Waals surface area contributed by atoms with Gasteiger partial charge < -0.3 is 16.0 Å². The molecule has 132 valence electrons. The van der Waals surface area contributed by atoms with Crippen molar-refractivity contribution < 1.29 is 22.8 Å². The van der Waals surface area contributed by atoms with Gasteiger partial charge in [0.1, 0.15) is 0 Å². The van der Waals surface area contributed by atoms with Gasteiger partial charge in [0.2, 0.25) is 5.91 Å². The molecule has 1 heterocycles. The molecule has 1 aliphatic heterocycles. The molecule has 0 aliphatic carbocycles. The lowest BCUT2D eigenvalue weighted by Crippen LogP contribution is -2.49. The zero-order chi connectivity index (χ0) is 17.7. The van der Waals surface area contributed by atoms with Crippen LogP contribution in [0.4, 0.5) is 13.2 Å². The summed E-state index contributed by atoms with van der Waals surface area (Å²) >= 11 is 0. The van der Waals surface area contributed by atoms with Gasteiger partial charge in [0.15, 0.2) is 0 Å². The molecule has 8 heteroatoms. The first-order valence-corrected chi connectivity index (χ1v) is 7.74. The lowest BCUT2D eigenvalue weighted by atomic mass is 10.0. The summed E-state index contributed by atoms with van der Waals surface area (Å²) in [5, 5.41) is 8.28. The predicted octanol–water partition coefficient (Wildman–Crippen LogP) is 1.69. The molecule has 2 amide bonds. The predicted molar refractivity (Wildman–Crippen MR) is 82.4 cm³/mol. The summed E-state index contributed by atoms with van der Waals surface area (Å²) in [5.74, 6) is -1.33. The Morgan fingerprint density at radius 3 is 2.67 bits per heavy atom. The number of halogens is 3. The number of nitrogens with one attached hydrogen (secondary N) is 3. The highest BCUT2D eigenvalue weighted by Gasteiger charge is 2.34. The Bertz CT molecular complexity index is 604. The zero-order valence-electron chi connectivity index (χ0n) is 13.2. The van der Waals surface area contributed by atoms with E-state index in [1.54, 1.807) is 0 Å². The SMILES string of the molecule is CC1CC(NC(=O)CNC(=O)c2ccccc2C(F)(F)F)CCN1. The number of rotatable bonds is 4. The summed E-state index contributed by atoms with van der Waals surface area (Å²) in [6.07, 6.45) is -3.07. The quantitative estimate of drug-likeness (QED) is 0.779. The van der Waals surface area contributed by atoms with Gasteiger partial charge in [0.25, 0.3) is 5.91 Å². The number of alkyl halides is 3. The smallest absolute Gasteiger partial charge is 0.352 e. The van der Waals surface area contributed by atoms with Gasteiger partial charge in [0.05, 0.1) is 17.7 Å². The monoisotopic (exact) mass is 343 g/mol. The molecule has 1 aromatic carbocycles. The Morgan fingerprint density at radius 2 is 2.00 bits per heavy atom. The molecule has 1 fully saturated rings. The third-order valence-electron chi connectivity index (χ3n) is 3.88. The third-order valence-corrected chi connectivity index (χ3v) is 3.88.